The first kappa shape index (κ1) is 18.1. The zero-order chi connectivity index (χ0) is 19.2. The van der Waals surface area contributed by atoms with Gasteiger partial charge in [0.2, 0.25) is 0 Å². The summed E-state index contributed by atoms with van der Waals surface area (Å²) in [6, 6.07) is 1.91. The van der Waals surface area contributed by atoms with Crippen molar-refractivity contribution in [2.45, 2.75) is 26.1 Å². The smallest absolute Gasteiger partial charge is 0.416 e. The van der Waals surface area contributed by atoms with E-state index >= 15 is 0 Å². The first-order valence-corrected chi connectivity index (χ1v) is 7.64. The molecular weight excluding hydrogens is 352 g/mol. The van der Waals surface area contributed by atoms with Gasteiger partial charge in [-0.15, -0.1) is 0 Å². The number of hydrogen-bond acceptors (Lipinski definition) is 4. The second-order valence-corrected chi connectivity index (χ2v) is 6.01. The fraction of sp³-hybridized carbons (Fsp3) is 0.222. The van der Waals surface area contributed by atoms with Crippen LogP contribution in [-0.2, 0) is 6.18 Å². The van der Waals surface area contributed by atoms with Crippen molar-refractivity contribution in [3.63, 3.8) is 0 Å². The largest absolute Gasteiger partial charge is 0.455 e. The Hall–Kier alpha value is -2.74. The molecule has 3 aromatic rings. The molecule has 3 rings (SSSR count). The van der Waals surface area contributed by atoms with E-state index in [4.69, 9.17) is 10.2 Å². The molecule has 0 aliphatic carbocycles. The second-order valence-electron chi connectivity index (χ2n) is 6.01. The van der Waals surface area contributed by atoms with Crippen LogP contribution in [0.5, 0.6) is 0 Å². The molecule has 8 heteroatoms. The molecule has 0 saturated carbocycles. The molecule has 0 spiro atoms. The summed E-state index contributed by atoms with van der Waals surface area (Å²) in [4.78, 5) is 16.4. The van der Waals surface area contributed by atoms with Gasteiger partial charge in [0.1, 0.15) is 17.2 Å². The highest BCUT2D eigenvalue weighted by molar-refractivity contribution is 5.84. The van der Waals surface area contributed by atoms with Crippen LogP contribution in [0.3, 0.4) is 0 Å². The molecule has 0 amide bonds. The van der Waals surface area contributed by atoms with Crippen molar-refractivity contribution in [2.75, 3.05) is 0 Å². The Balaban J connectivity index is 2.42. The first-order valence-electron chi connectivity index (χ1n) is 7.64. The van der Waals surface area contributed by atoms with Crippen molar-refractivity contribution >= 4 is 11.0 Å². The molecule has 0 unspecified atom stereocenters. The van der Waals surface area contributed by atoms with E-state index in [1.165, 1.54) is 20.0 Å². The minimum atomic E-state index is -4.64. The van der Waals surface area contributed by atoms with Crippen LogP contribution in [0.1, 0.15) is 29.7 Å². The van der Waals surface area contributed by atoms with Crippen LogP contribution < -0.4 is 11.2 Å². The highest BCUT2D eigenvalue weighted by Gasteiger charge is 2.33. The highest BCUT2D eigenvalue weighted by Crippen LogP contribution is 2.36. The fourth-order valence-electron chi connectivity index (χ4n) is 2.73. The maximum Gasteiger partial charge on any atom is 0.416 e. The number of alkyl halides is 3. The monoisotopic (exact) mass is 366 g/mol. The van der Waals surface area contributed by atoms with Crippen LogP contribution in [0.25, 0.3) is 22.3 Å². The van der Waals surface area contributed by atoms with Crippen molar-refractivity contribution in [1.82, 2.24) is 4.98 Å². The number of rotatable bonds is 2. The SMILES string of the molecule is Cc1c(-c2cncc(F)c2)oc2c([C@@H](C)N)cc(C(F)(F)F)cc2c1=O. The van der Waals surface area contributed by atoms with Gasteiger partial charge in [0.15, 0.2) is 5.43 Å². The first-order chi connectivity index (χ1) is 12.1. The molecule has 1 aromatic carbocycles. The molecule has 0 aliphatic heterocycles. The van der Waals surface area contributed by atoms with Gasteiger partial charge in [0.25, 0.3) is 0 Å². The zero-order valence-electron chi connectivity index (χ0n) is 13.8. The van der Waals surface area contributed by atoms with Crippen molar-refractivity contribution in [1.29, 1.82) is 0 Å². The van der Waals surface area contributed by atoms with E-state index in [9.17, 15) is 22.4 Å². The van der Waals surface area contributed by atoms with Gasteiger partial charge in [-0.05, 0) is 32.0 Å². The number of fused-ring (bicyclic) bond motifs is 1. The second kappa shape index (κ2) is 6.21. The fourth-order valence-corrected chi connectivity index (χ4v) is 2.73. The van der Waals surface area contributed by atoms with Gasteiger partial charge in [-0.25, -0.2) is 4.39 Å². The zero-order valence-corrected chi connectivity index (χ0v) is 13.8. The standard InChI is InChI=1S/C18H14F4N2O2/c1-8-15(25)14-5-11(18(20,21)22)4-13(9(2)23)17(14)26-16(8)10-3-12(19)7-24-6-10/h3-7,9H,23H2,1-2H3/t9-/m1/s1. The van der Waals surface area contributed by atoms with Gasteiger partial charge in [0.05, 0.1) is 17.1 Å². The summed E-state index contributed by atoms with van der Waals surface area (Å²) in [6.45, 7) is 2.88. The topological polar surface area (TPSA) is 69.1 Å². The van der Waals surface area contributed by atoms with E-state index in [1.807, 2.05) is 0 Å². The molecule has 0 fully saturated rings. The summed E-state index contributed by atoms with van der Waals surface area (Å²) in [5.41, 5.74) is 4.42. The molecule has 0 radical (unpaired) electrons. The molecule has 2 N–H and O–H groups in total. The molecule has 0 aliphatic rings. The number of nitrogens with two attached hydrogens (primary N) is 1. The van der Waals surface area contributed by atoms with Crippen molar-refractivity contribution in [3.8, 4) is 11.3 Å². The van der Waals surface area contributed by atoms with E-state index in [-0.39, 0.29) is 33.4 Å². The Bertz CT molecular complexity index is 1060. The van der Waals surface area contributed by atoms with Crippen LogP contribution >= 0.6 is 0 Å². The summed E-state index contributed by atoms with van der Waals surface area (Å²) in [6.07, 6.45) is -2.35. The van der Waals surface area contributed by atoms with Gasteiger partial charge in [-0.3, -0.25) is 9.78 Å². The maximum atomic E-state index is 13.5. The number of nitrogens with zero attached hydrogens (tertiary/aromatic N) is 1. The number of aromatic nitrogens is 1. The minimum Gasteiger partial charge on any atom is -0.455 e. The molecule has 136 valence electrons. The molecule has 0 saturated heterocycles. The molecule has 4 nitrogen and oxygen atoms in total. The van der Waals surface area contributed by atoms with Gasteiger partial charge in [0, 0.05) is 28.9 Å². The number of pyridine rings is 1. The van der Waals surface area contributed by atoms with Crippen LogP contribution in [-0.4, -0.2) is 4.98 Å². The summed E-state index contributed by atoms with van der Waals surface area (Å²) >= 11 is 0. The van der Waals surface area contributed by atoms with E-state index in [0.717, 1.165) is 24.4 Å². The molecule has 0 bridgehead atoms. The lowest BCUT2D eigenvalue weighted by molar-refractivity contribution is -0.137. The summed E-state index contributed by atoms with van der Waals surface area (Å²) in [5.74, 6) is -0.597. The Morgan fingerprint density at radius 3 is 2.46 bits per heavy atom. The Morgan fingerprint density at radius 2 is 1.88 bits per heavy atom. The maximum absolute atomic E-state index is 13.5. The number of benzene rings is 1. The third-order valence-corrected chi connectivity index (χ3v) is 4.03. The quantitative estimate of drug-likeness (QED) is 0.685. The Kier molecular flexibility index (Phi) is 4.31. The van der Waals surface area contributed by atoms with Crippen LogP contribution in [0.15, 0.2) is 39.8 Å². The van der Waals surface area contributed by atoms with Crippen molar-refractivity contribution < 1.29 is 22.0 Å². The number of hydrogen-bond donors (Lipinski definition) is 1. The van der Waals surface area contributed by atoms with E-state index < -0.39 is 29.0 Å². The van der Waals surface area contributed by atoms with Gasteiger partial charge in [-0.1, -0.05) is 0 Å². The van der Waals surface area contributed by atoms with Crippen LogP contribution in [0, 0.1) is 12.7 Å². The lowest BCUT2D eigenvalue weighted by Gasteiger charge is -2.15. The van der Waals surface area contributed by atoms with E-state index in [1.54, 1.807) is 0 Å². The van der Waals surface area contributed by atoms with E-state index in [2.05, 4.69) is 4.98 Å². The van der Waals surface area contributed by atoms with Gasteiger partial charge < -0.3 is 10.2 Å². The normalized spacial score (nSPS) is 13.2. The molecule has 2 aromatic heterocycles. The molecular formula is C18H14F4N2O2. The lowest BCUT2D eigenvalue weighted by atomic mass is 9.99. The van der Waals surface area contributed by atoms with Gasteiger partial charge >= 0.3 is 6.18 Å². The average Bonchev–Trinajstić information content (AvgIpc) is 2.56. The minimum absolute atomic E-state index is 0.0381. The molecule has 26 heavy (non-hydrogen) atoms. The Morgan fingerprint density at radius 1 is 1.19 bits per heavy atom. The Labute approximate surface area is 145 Å². The summed E-state index contributed by atoms with van der Waals surface area (Å²) in [7, 11) is 0. The third kappa shape index (κ3) is 3.08. The van der Waals surface area contributed by atoms with Crippen molar-refractivity contribution in [2.24, 2.45) is 5.73 Å². The van der Waals surface area contributed by atoms with Crippen LogP contribution in [0.4, 0.5) is 17.6 Å². The van der Waals surface area contributed by atoms with Crippen LogP contribution in [0.2, 0.25) is 0 Å². The van der Waals surface area contributed by atoms with Crippen molar-refractivity contribution in [3.05, 3.63) is 63.3 Å². The third-order valence-electron chi connectivity index (χ3n) is 4.03. The summed E-state index contributed by atoms with van der Waals surface area (Å²) in [5, 5.41) is -0.224. The summed E-state index contributed by atoms with van der Waals surface area (Å²) < 4.78 is 58.7. The predicted molar refractivity (Wildman–Crippen MR) is 88.0 cm³/mol. The predicted octanol–water partition coefficient (Wildman–Crippen LogP) is 4.34. The molecule has 2 heterocycles. The number of halogens is 4. The lowest BCUT2D eigenvalue weighted by Crippen LogP contribution is -2.15. The average molecular weight is 366 g/mol. The van der Waals surface area contributed by atoms with Gasteiger partial charge in [-0.2, -0.15) is 13.2 Å². The molecule has 1 atom stereocenters. The highest BCUT2D eigenvalue weighted by atomic mass is 19.4. The van der Waals surface area contributed by atoms with E-state index in [0.29, 0.717) is 0 Å².